The number of carbonyl (C=O) groups excluding carboxylic acids is 1. The van der Waals surface area contributed by atoms with Crippen LogP contribution in [0.5, 0.6) is 0 Å². The second kappa shape index (κ2) is 6.74. The number of anilines is 1. The maximum atomic E-state index is 12.4. The Balaban J connectivity index is 1.63. The molecule has 5 heteroatoms. The van der Waals surface area contributed by atoms with Crippen molar-refractivity contribution in [3.63, 3.8) is 0 Å². The van der Waals surface area contributed by atoms with Crippen LogP contribution in [0, 0.1) is 6.92 Å². The molecule has 1 N–H and O–H groups in total. The summed E-state index contributed by atoms with van der Waals surface area (Å²) in [5.41, 5.74) is 3.48. The molecule has 0 spiro atoms. The van der Waals surface area contributed by atoms with Crippen molar-refractivity contribution >= 4 is 17.2 Å². The van der Waals surface area contributed by atoms with Gasteiger partial charge in [0.05, 0.1) is 0 Å². The molecule has 3 rings (SSSR count). The fourth-order valence-corrected chi connectivity index (χ4v) is 2.58. The fraction of sp³-hybridized carbons (Fsp3) is 0.263. The number of likely N-dealkylation sites (N-methyl/N-ethyl adjacent to an activating group) is 1. The Labute approximate surface area is 141 Å². The van der Waals surface area contributed by atoms with Crippen molar-refractivity contribution in [2.75, 3.05) is 18.5 Å². The maximum absolute atomic E-state index is 12.4. The molecule has 3 aromatic rings. The molecule has 0 aliphatic carbocycles. The summed E-state index contributed by atoms with van der Waals surface area (Å²) < 4.78 is 1.86. The second-order valence-electron chi connectivity index (χ2n) is 6.10. The zero-order chi connectivity index (χ0) is 17.1. The molecule has 0 aliphatic heterocycles. The Bertz CT molecular complexity index is 841. The average Bonchev–Trinajstić information content (AvgIpc) is 3.02. The molecular formula is C19H22N4O. The summed E-state index contributed by atoms with van der Waals surface area (Å²) in [6.45, 7) is 4.65. The molecule has 5 nitrogen and oxygen atoms in total. The van der Waals surface area contributed by atoms with Crippen LogP contribution in [-0.2, 0) is 0 Å². The van der Waals surface area contributed by atoms with Gasteiger partial charge in [-0.1, -0.05) is 18.2 Å². The number of pyridine rings is 1. The molecular weight excluding hydrogens is 300 g/mol. The minimum atomic E-state index is -0.148. The summed E-state index contributed by atoms with van der Waals surface area (Å²) in [4.78, 5) is 18.9. The number of hydrogen-bond donors (Lipinski definition) is 1. The normalized spacial score (nSPS) is 12.1. The number of para-hydroxylation sites is 1. The second-order valence-corrected chi connectivity index (χ2v) is 6.10. The van der Waals surface area contributed by atoms with Crippen LogP contribution in [0.3, 0.4) is 0 Å². The minimum Gasteiger partial charge on any atom is -0.370 e. The summed E-state index contributed by atoms with van der Waals surface area (Å²) in [5, 5.41) is 2.97. The SMILES string of the molecule is Cc1ccn2cc(C(=O)NCC(C)N(C)c3ccccc3)nc2c1. The van der Waals surface area contributed by atoms with Crippen LogP contribution >= 0.6 is 0 Å². The number of imidazole rings is 1. The summed E-state index contributed by atoms with van der Waals surface area (Å²) >= 11 is 0. The van der Waals surface area contributed by atoms with Gasteiger partial charge in [-0.15, -0.1) is 0 Å². The molecule has 0 fully saturated rings. The molecule has 0 radical (unpaired) electrons. The zero-order valence-corrected chi connectivity index (χ0v) is 14.2. The Morgan fingerprint density at radius 3 is 2.79 bits per heavy atom. The lowest BCUT2D eigenvalue weighted by atomic mass is 10.2. The highest BCUT2D eigenvalue weighted by Gasteiger charge is 2.14. The largest absolute Gasteiger partial charge is 0.370 e. The number of nitrogens with one attached hydrogen (secondary N) is 1. The topological polar surface area (TPSA) is 49.6 Å². The van der Waals surface area contributed by atoms with Crippen molar-refractivity contribution in [1.82, 2.24) is 14.7 Å². The van der Waals surface area contributed by atoms with E-state index in [1.165, 1.54) is 0 Å². The van der Waals surface area contributed by atoms with Gasteiger partial charge in [0.2, 0.25) is 0 Å². The maximum Gasteiger partial charge on any atom is 0.271 e. The third-order valence-corrected chi connectivity index (χ3v) is 4.23. The summed E-state index contributed by atoms with van der Waals surface area (Å²) in [7, 11) is 2.03. The molecule has 2 heterocycles. The van der Waals surface area contributed by atoms with Crippen LogP contribution in [0.1, 0.15) is 23.0 Å². The lowest BCUT2D eigenvalue weighted by Crippen LogP contribution is -2.40. The molecule has 0 bridgehead atoms. The van der Waals surface area contributed by atoms with Gasteiger partial charge in [0.1, 0.15) is 11.3 Å². The lowest BCUT2D eigenvalue weighted by molar-refractivity contribution is 0.0947. The van der Waals surface area contributed by atoms with E-state index < -0.39 is 0 Å². The molecule has 1 aromatic carbocycles. The standard InChI is InChI=1S/C19H22N4O/c1-14-9-10-23-13-17(21-18(23)11-14)19(24)20-12-15(2)22(3)16-7-5-4-6-8-16/h4-11,13,15H,12H2,1-3H3,(H,20,24). The first-order valence-corrected chi connectivity index (χ1v) is 8.06. The average molecular weight is 322 g/mol. The number of hydrogen-bond acceptors (Lipinski definition) is 3. The van der Waals surface area contributed by atoms with Crippen molar-refractivity contribution in [2.24, 2.45) is 0 Å². The molecule has 124 valence electrons. The van der Waals surface area contributed by atoms with Gasteiger partial charge >= 0.3 is 0 Å². The quantitative estimate of drug-likeness (QED) is 0.786. The van der Waals surface area contributed by atoms with Gasteiger partial charge in [-0.25, -0.2) is 4.98 Å². The van der Waals surface area contributed by atoms with Crippen molar-refractivity contribution in [2.45, 2.75) is 19.9 Å². The summed E-state index contributed by atoms with van der Waals surface area (Å²) in [6, 6.07) is 14.3. The summed E-state index contributed by atoms with van der Waals surface area (Å²) in [6.07, 6.45) is 3.68. The van der Waals surface area contributed by atoms with E-state index in [0.29, 0.717) is 12.2 Å². The smallest absolute Gasteiger partial charge is 0.271 e. The van der Waals surface area contributed by atoms with E-state index in [-0.39, 0.29) is 11.9 Å². The van der Waals surface area contributed by atoms with E-state index in [1.807, 2.05) is 54.9 Å². The van der Waals surface area contributed by atoms with Gasteiger partial charge in [-0.2, -0.15) is 0 Å². The summed E-state index contributed by atoms with van der Waals surface area (Å²) in [5.74, 6) is -0.148. The lowest BCUT2D eigenvalue weighted by Gasteiger charge is -2.27. The third-order valence-electron chi connectivity index (χ3n) is 4.23. The Morgan fingerprint density at radius 1 is 1.29 bits per heavy atom. The number of carbonyl (C=O) groups is 1. The zero-order valence-electron chi connectivity index (χ0n) is 14.2. The van der Waals surface area contributed by atoms with Crippen LogP contribution in [-0.4, -0.2) is 34.9 Å². The number of amides is 1. The van der Waals surface area contributed by atoms with E-state index in [4.69, 9.17) is 0 Å². The minimum absolute atomic E-state index is 0.148. The van der Waals surface area contributed by atoms with E-state index in [9.17, 15) is 4.79 Å². The fourth-order valence-electron chi connectivity index (χ4n) is 2.58. The highest BCUT2D eigenvalue weighted by molar-refractivity contribution is 5.92. The van der Waals surface area contributed by atoms with Gasteiger partial charge < -0.3 is 14.6 Å². The number of aromatic nitrogens is 2. The number of benzene rings is 1. The highest BCUT2D eigenvalue weighted by Crippen LogP contribution is 2.13. The van der Waals surface area contributed by atoms with Crippen molar-refractivity contribution in [1.29, 1.82) is 0 Å². The molecule has 1 atom stereocenters. The molecule has 0 aliphatic rings. The van der Waals surface area contributed by atoms with Crippen molar-refractivity contribution < 1.29 is 4.79 Å². The van der Waals surface area contributed by atoms with E-state index >= 15 is 0 Å². The molecule has 24 heavy (non-hydrogen) atoms. The predicted molar refractivity (Wildman–Crippen MR) is 96.6 cm³/mol. The number of nitrogens with zero attached hydrogens (tertiary/aromatic N) is 3. The predicted octanol–water partition coefficient (Wildman–Crippen LogP) is 2.90. The van der Waals surface area contributed by atoms with Crippen LogP contribution in [0.25, 0.3) is 5.65 Å². The Hall–Kier alpha value is -2.82. The molecule has 1 unspecified atom stereocenters. The van der Waals surface area contributed by atoms with Gasteiger partial charge in [-0.05, 0) is 43.7 Å². The van der Waals surface area contributed by atoms with E-state index in [1.54, 1.807) is 6.20 Å². The van der Waals surface area contributed by atoms with Gasteiger partial charge in [0.25, 0.3) is 5.91 Å². The van der Waals surface area contributed by atoms with Crippen LogP contribution in [0.4, 0.5) is 5.69 Å². The Morgan fingerprint density at radius 2 is 2.04 bits per heavy atom. The first-order valence-electron chi connectivity index (χ1n) is 8.06. The monoisotopic (exact) mass is 322 g/mol. The van der Waals surface area contributed by atoms with E-state index in [2.05, 4.69) is 34.3 Å². The number of fused-ring (bicyclic) bond motifs is 1. The number of aryl methyl sites for hydroxylation is 1. The molecule has 0 saturated heterocycles. The highest BCUT2D eigenvalue weighted by atomic mass is 16.1. The van der Waals surface area contributed by atoms with Crippen LogP contribution < -0.4 is 10.2 Å². The molecule has 0 saturated carbocycles. The first-order chi connectivity index (χ1) is 11.5. The van der Waals surface area contributed by atoms with Crippen LogP contribution in [0.15, 0.2) is 54.9 Å². The van der Waals surface area contributed by atoms with Gasteiger partial charge in [0.15, 0.2) is 0 Å². The van der Waals surface area contributed by atoms with Gasteiger partial charge in [0, 0.05) is 37.7 Å². The van der Waals surface area contributed by atoms with Gasteiger partial charge in [-0.3, -0.25) is 4.79 Å². The third kappa shape index (κ3) is 3.40. The van der Waals surface area contributed by atoms with Crippen molar-refractivity contribution in [3.8, 4) is 0 Å². The van der Waals surface area contributed by atoms with Crippen LogP contribution in [0.2, 0.25) is 0 Å². The van der Waals surface area contributed by atoms with Crippen molar-refractivity contribution in [3.05, 3.63) is 66.1 Å². The number of rotatable bonds is 5. The first kappa shape index (κ1) is 16.1. The van der Waals surface area contributed by atoms with E-state index in [0.717, 1.165) is 16.9 Å². The Kier molecular flexibility index (Phi) is 4.51. The molecule has 2 aromatic heterocycles. The molecule has 1 amide bonds.